The maximum absolute atomic E-state index is 12.7. The van der Waals surface area contributed by atoms with Crippen molar-refractivity contribution in [1.82, 2.24) is 15.0 Å². The molecule has 0 amide bonds. The van der Waals surface area contributed by atoms with Gasteiger partial charge in [0.2, 0.25) is 0 Å². The number of carboxylic acids is 1. The van der Waals surface area contributed by atoms with E-state index in [1.807, 2.05) is 0 Å². The van der Waals surface area contributed by atoms with Crippen LogP contribution < -0.4 is 0 Å². The number of benzene rings is 1. The van der Waals surface area contributed by atoms with Crippen LogP contribution in [0.15, 0.2) is 30.5 Å². The fourth-order valence-electron chi connectivity index (χ4n) is 1.68. The van der Waals surface area contributed by atoms with Crippen molar-refractivity contribution in [2.24, 2.45) is 0 Å². The SMILES string of the molecule is CC(C(=O)O)c1cnnn1-c1cccc(C(F)(F)F)c1. The molecular weight excluding hydrogens is 275 g/mol. The van der Waals surface area contributed by atoms with E-state index in [4.69, 9.17) is 5.11 Å². The second-order valence-corrected chi connectivity index (χ2v) is 4.18. The fraction of sp³-hybridized carbons (Fsp3) is 0.250. The quantitative estimate of drug-likeness (QED) is 0.940. The van der Waals surface area contributed by atoms with Gasteiger partial charge in [-0.15, -0.1) is 5.10 Å². The number of halogens is 3. The Labute approximate surface area is 111 Å². The molecule has 8 heteroatoms. The number of aromatic nitrogens is 3. The van der Waals surface area contributed by atoms with Crippen LogP contribution in [0.2, 0.25) is 0 Å². The molecule has 0 saturated heterocycles. The summed E-state index contributed by atoms with van der Waals surface area (Å²) in [7, 11) is 0. The Morgan fingerprint density at radius 1 is 1.40 bits per heavy atom. The molecule has 0 saturated carbocycles. The van der Waals surface area contributed by atoms with Crippen molar-refractivity contribution < 1.29 is 23.1 Å². The van der Waals surface area contributed by atoms with Crippen molar-refractivity contribution in [2.45, 2.75) is 19.0 Å². The lowest BCUT2D eigenvalue weighted by atomic mass is 10.1. The Kier molecular flexibility index (Phi) is 3.47. The Hall–Kier alpha value is -2.38. The lowest BCUT2D eigenvalue weighted by Gasteiger charge is -2.11. The molecule has 2 rings (SSSR count). The minimum Gasteiger partial charge on any atom is -0.481 e. The topological polar surface area (TPSA) is 68.0 Å². The first kappa shape index (κ1) is 14.0. The third kappa shape index (κ3) is 2.63. The van der Waals surface area contributed by atoms with Crippen LogP contribution in [0.5, 0.6) is 0 Å². The van der Waals surface area contributed by atoms with Crippen LogP contribution in [0.3, 0.4) is 0 Å². The van der Waals surface area contributed by atoms with Gasteiger partial charge < -0.3 is 5.11 Å². The summed E-state index contributed by atoms with van der Waals surface area (Å²) in [6.45, 7) is 1.41. The summed E-state index contributed by atoms with van der Waals surface area (Å²) in [6, 6.07) is 4.46. The first-order valence-electron chi connectivity index (χ1n) is 5.61. The largest absolute Gasteiger partial charge is 0.481 e. The zero-order valence-corrected chi connectivity index (χ0v) is 10.3. The highest BCUT2D eigenvalue weighted by Gasteiger charge is 2.31. The molecule has 0 aliphatic heterocycles. The van der Waals surface area contributed by atoms with Crippen LogP contribution in [0.4, 0.5) is 13.2 Å². The third-order valence-electron chi connectivity index (χ3n) is 2.81. The number of aliphatic carboxylic acids is 1. The van der Waals surface area contributed by atoms with Gasteiger partial charge in [-0.25, -0.2) is 4.68 Å². The van der Waals surface area contributed by atoms with Gasteiger partial charge in [0.15, 0.2) is 0 Å². The van der Waals surface area contributed by atoms with Crippen molar-refractivity contribution in [3.05, 3.63) is 41.7 Å². The van der Waals surface area contributed by atoms with Gasteiger partial charge in [-0.3, -0.25) is 4.79 Å². The number of hydrogen-bond acceptors (Lipinski definition) is 3. The standard InChI is InChI=1S/C12H10F3N3O2/c1-7(11(19)20)10-6-16-17-18(10)9-4-2-3-8(5-9)12(13,14)15/h2-7H,1H3,(H,19,20). The van der Waals surface area contributed by atoms with E-state index in [9.17, 15) is 18.0 Å². The summed E-state index contributed by atoms with van der Waals surface area (Å²) in [4.78, 5) is 11.0. The molecule has 1 heterocycles. The van der Waals surface area contributed by atoms with E-state index in [0.717, 1.165) is 16.8 Å². The Balaban J connectivity index is 2.48. The van der Waals surface area contributed by atoms with E-state index in [0.29, 0.717) is 0 Å². The average Bonchev–Trinajstić information content (AvgIpc) is 2.86. The molecule has 0 aliphatic carbocycles. The molecule has 20 heavy (non-hydrogen) atoms. The summed E-state index contributed by atoms with van der Waals surface area (Å²) in [5.41, 5.74) is -0.517. The van der Waals surface area contributed by atoms with Crippen molar-refractivity contribution in [2.75, 3.05) is 0 Å². The van der Waals surface area contributed by atoms with Crippen molar-refractivity contribution in [3.8, 4) is 5.69 Å². The molecular formula is C12H10F3N3O2. The molecule has 0 radical (unpaired) electrons. The highest BCUT2D eigenvalue weighted by molar-refractivity contribution is 5.75. The molecule has 1 unspecified atom stereocenters. The molecule has 5 nitrogen and oxygen atoms in total. The van der Waals surface area contributed by atoms with Crippen LogP contribution in [0, 0.1) is 0 Å². The van der Waals surface area contributed by atoms with Crippen LogP contribution in [-0.4, -0.2) is 26.1 Å². The fourth-order valence-corrected chi connectivity index (χ4v) is 1.68. The predicted molar refractivity (Wildman–Crippen MR) is 62.4 cm³/mol. The van der Waals surface area contributed by atoms with Crippen molar-refractivity contribution >= 4 is 5.97 Å². The minimum absolute atomic E-state index is 0.112. The third-order valence-corrected chi connectivity index (χ3v) is 2.81. The lowest BCUT2D eigenvalue weighted by molar-refractivity contribution is -0.139. The van der Waals surface area contributed by atoms with Gasteiger partial charge in [0.25, 0.3) is 0 Å². The van der Waals surface area contributed by atoms with Crippen LogP contribution in [-0.2, 0) is 11.0 Å². The maximum Gasteiger partial charge on any atom is 0.416 e. The van der Waals surface area contributed by atoms with Crippen LogP contribution >= 0.6 is 0 Å². The predicted octanol–water partition coefficient (Wildman–Crippen LogP) is 2.47. The summed E-state index contributed by atoms with van der Waals surface area (Å²) < 4.78 is 39.1. The molecule has 1 N–H and O–H groups in total. The number of rotatable bonds is 3. The highest BCUT2D eigenvalue weighted by Crippen LogP contribution is 2.30. The molecule has 1 atom stereocenters. The number of alkyl halides is 3. The molecule has 1 aromatic carbocycles. The van der Waals surface area contributed by atoms with E-state index in [1.54, 1.807) is 0 Å². The van der Waals surface area contributed by atoms with E-state index < -0.39 is 23.6 Å². The molecule has 2 aromatic rings. The van der Waals surface area contributed by atoms with Gasteiger partial charge in [-0.2, -0.15) is 13.2 Å². The smallest absolute Gasteiger partial charge is 0.416 e. The van der Waals surface area contributed by atoms with Crippen LogP contribution in [0.1, 0.15) is 24.1 Å². The van der Waals surface area contributed by atoms with Gasteiger partial charge in [-0.1, -0.05) is 11.3 Å². The Morgan fingerprint density at radius 2 is 2.10 bits per heavy atom. The van der Waals surface area contributed by atoms with Gasteiger partial charge in [-0.05, 0) is 25.1 Å². The van der Waals surface area contributed by atoms with Gasteiger partial charge in [0, 0.05) is 0 Å². The van der Waals surface area contributed by atoms with E-state index in [1.165, 1.54) is 25.3 Å². The molecule has 0 bridgehead atoms. The second kappa shape index (κ2) is 4.95. The van der Waals surface area contributed by atoms with E-state index in [-0.39, 0.29) is 11.4 Å². The molecule has 0 spiro atoms. The number of nitrogens with zero attached hydrogens (tertiary/aromatic N) is 3. The first-order valence-corrected chi connectivity index (χ1v) is 5.61. The van der Waals surface area contributed by atoms with Crippen molar-refractivity contribution in [3.63, 3.8) is 0 Å². The van der Waals surface area contributed by atoms with E-state index in [2.05, 4.69) is 10.3 Å². The first-order chi connectivity index (χ1) is 9.30. The summed E-state index contributed by atoms with van der Waals surface area (Å²) in [5.74, 6) is -2.04. The van der Waals surface area contributed by atoms with Gasteiger partial charge >= 0.3 is 12.1 Å². The highest BCUT2D eigenvalue weighted by atomic mass is 19.4. The lowest BCUT2D eigenvalue weighted by Crippen LogP contribution is -2.14. The number of hydrogen-bond donors (Lipinski definition) is 1. The Bertz CT molecular complexity index is 637. The zero-order valence-electron chi connectivity index (χ0n) is 10.3. The summed E-state index contributed by atoms with van der Waals surface area (Å²) >= 11 is 0. The molecule has 0 fully saturated rings. The van der Waals surface area contributed by atoms with E-state index >= 15 is 0 Å². The maximum atomic E-state index is 12.7. The minimum atomic E-state index is -4.48. The summed E-state index contributed by atoms with van der Waals surface area (Å²) in [5, 5.41) is 16.2. The molecule has 0 aliphatic rings. The van der Waals surface area contributed by atoms with Crippen LogP contribution in [0.25, 0.3) is 5.69 Å². The monoisotopic (exact) mass is 285 g/mol. The zero-order chi connectivity index (χ0) is 14.9. The number of carbonyl (C=O) groups is 1. The average molecular weight is 285 g/mol. The number of carboxylic acid groups (broad SMARTS) is 1. The van der Waals surface area contributed by atoms with Gasteiger partial charge in [0.05, 0.1) is 29.1 Å². The van der Waals surface area contributed by atoms with Crippen molar-refractivity contribution in [1.29, 1.82) is 0 Å². The molecule has 1 aromatic heterocycles. The normalized spacial score (nSPS) is 13.2. The Morgan fingerprint density at radius 3 is 2.70 bits per heavy atom. The second-order valence-electron chi connectivity index (χ2n) is 4.18. The summed E-state index contributed by atoms with van der Waals surface area (Å²) in [6.07, 6.45) is -3.26. The van der Waals surface area contributed by atoms with Gasteiger partial charge in [0.1, 0.15) is 0 Å². The molecule has 106 valence electrons.